The van der Waals surface area contributed by atoms with Gasteiger partial charge in [0.1, 0.15) is 11.4 Å². The Labute approximate surface area is 87.7 Å². The molecule has 2 aromatic heterocycles. The first kappa shape index (κ1) is 8.73. The molecule has 4 heteroatoms. The lowest BCUT2D eigenvalue weighted by Gasteiger charge is -2.46. The van der Waals surface area contributed by atoms with E-state index < -0.39 is 0 Å². The summed E-state index contributed by atoms with van der Waals surface area (Å²) in [5.74, 6) is 0.976. The van der Waals surface area contributed by atoms with Crippen LogP contribution in [-0.4, -0.2) is 23.6 Å². The molecule has 0 atom stereocenters. The van der Waals surface area contributed by atoms with Gasteiger partial charge in [-0.2, -0.15) is 0 Å². The van der Waals surface area contributed by atoms with Gasteiger partial charge < -0.3 is 15.1 Å². The topological polar surface area (TPSA) is 55.3 Å². The van der Waals surface area contributed by atoms with Crippen LogP contribution >= 0.6 is 0 Å². The summed E-state index contributed by atoms with van der Waals surface area (Å²) in [6, 6.07) is 3.82. The molecular weight excluding hydrogens is 190 g/mol. The Morgan fingerprint density at radius 3 is 3.00 bits per heavy atom. The van der Waals surface area contributed by atoms with Crippen LogP contribution in [0.4, 0.5) is 5.82 Å². The molecule has 78 valence electrons. The highest BCUT2D eigenvalue weighted by Gasteiger charge is 2.36. The number of hydrogen-bond donors (Lipinski definition) is 1. The second kappa shape index (κ2) is 2.73. The first-order chi connectivity index (χ1) is 7.16. The zero-order valence-electron chi connectivity index (χ0n) is 8.60. The molecule has 3 heterocycles. The predicted octanol–water partition coefficient (Wildman–Crippen LogP) is 1.37. The van der Waals surface area contributed by atoms with E-state index >= 15 is 0 Å². The Bertz CT molecular complexity index is 495. The van der Waals surface area contributed by atoms with Gasteiger partial charge in [-0.05, 0) is 19.1 Å². The van der Waals surface area contributed by atoms with Gasteiger partial charge in [0, 0.05) is 24.8 Å². The summed E-state index contributed by atoms with van der Waals surface area (Å²) >= 11 is 0. The van der Waals surface area contributed by atoms with Crippen LogP contribution in [0.3, 0.4) is 0 Å². The molecule has 4 nitrogen and oxygen atoms in total. The third-order valence-electron chi connectivity index (χ3n) is 2.76. The third kappa shape index (κ3) is 1.29. The minimum Gasteiger partial charge on any atom is -0.464 e. The van der Waals surface area contributed by atoms with Gasteiger partial charge in [-0.15, -0.1) is 0 Å². The second-order valence-electron chi connectivity index (χ2n) is 4.48. The third-order valence-corrected chi connectivity index (χ3v) is 2.76. The summed E-state index contributed by atoms with van der Waals surface area (Å²) < 4.78 is 5.33. The van der Waals surface area contributed by atoms with Crippen LogP contribution in [0.15, 0.2) is 29.0 Å². The van der Waals surface area contributed by atoms with Gasteiger partial charge in [0.15, 0.2) is 0 Å². The van der Waals surface area contributed by atoms with Crippen molar-refractivity contribution in [3.8, 4) is 0 Å². The summed E-state index contributed by atoms with van der Waals surface area (Å²) in [7, 11) is 0. The number of aromatic nitrogens is 1. The second-order valence-corrected chi connectivity index (χ2v) is 4.48. The maximum atomic E-state index is 5.98. The SMILES string of the molecule is CC1(N)CN(c2nccc3occc23)C1. The van der Waals surface area contributed by atoms with E-state index in [1.807, 2.05) is 12.1 Å². The molecule has 0 saturated carbocycles. The molecule has 15 heavy (non-hydrogen) atoms. The van der Waals surface area contributed by atoms with Crippen molar-refractivity contribution in [2.24, 2.45) is 5.73 Å². The van der Waals surface area contributed by atoms with E-state index in [9.17, 15) is 0 Å². The highest BCUT2D eigenvalue weighted by Crippen LogP contribution is 2.30. The average molecular weight is 203 g/mol. The molecule has 3 rings (SSSR count). The van der Waals surface area contributed by atoms with Crippen LogP contribution in [0.1, 0.15) is 6.92 Å². The van der Waals surface area contributed by atoms with Gasteiger partial charge in [0.25, 0.3) is 0 Å². The molecule has 1 fully saturated rings. The number of fused-ring (bicyclic) bond motifs is 1. The summed E-state index contributed by atoms with van der Waals surface area (Å²) in [4.78, 5) is 6.56. The van der Waals surface area contributed by atoms with Gasteiger partial charge in [0.05, 0.1) is 11.6 Å². The Morgan fingerprint density at radius 2 is 2.27 bits per heavy atom. The highest BCUT2D eigenvalue weighted by atomic mass is 16.3. The summed E-state index contributed by atoms with van der Waals surface area (Å²) in [5, 5.41) is 1.06. The van der Waals surface area contributed by atoms with Crippen LogP contribution in [0.5, 0.6) is 0 Å². The van der Waals surface area contributed by atoms with Crippen LogP contribution < -0.4 is 10.6 Å². The van der Waals surface area contributed by atoms with E-state index in [-0.39, 0.29) is 5.54 Å². The average Bonchev–Trinajstić information content (AvgIpc) is 2.60. The Kier molecular flexibility index (Phi) is 1.59. The minimum absolute atomic E-state index is 0.0758. The Hall–Kier alpha value is -1.55. The van der Waals surface area contributed by atoms with Gasteiger partial charge in [0.2, 0.25) is 0 Å². The molecule has 0 bridgehead atoms. The summed E-state index contributed by atoms with van der Waals surface area (Å²) in [6.07, 6.45) is 3.46. The van der Waals surface area contributed by atoms with Gasteiger partial charge in [-0.25, -0.2) is 4.98 Å². The van der Waals surface area contributed by atoms with E-state index in [2.05, 4.69) is 16.8 Å². The lowest BCUT2D eigenvalue weighted by atomic mass is 9.93. The number of furan rings is 1. The zero-order valence-corrected chi connectivity index (χ0v) is 8.60. The molecule has 1 aliphatic rings. The fraction of sp³-hybridized carbons (Fsp3) is 0.364. The molecule has 0 unspecified atom stereocenters. The monoisotopic (exact) mass is 203 g/mol. The summed E-state index contributed by atoms with van der Waals surface area (Å²) in [6.45, 7) is 3.76. The van der Waals surface area contributed by atoms with E-state index in [4.69, 9.17) is 10.2 Å². The molecule has 0 radical (unpaired) electrons. The van der Waals surface area contributed by atoms with Crippen LogP contribution in [-0.2, 0) is 0 Å². The highest BCUT2D eigenvalue weighted by molar-refractivity contribution is 5.88. The van der Waals surface area contributed by atoms with Gasteiger partial charge in [-0.3, -0.25) is 0 Å². The smallest absolute Gasteiger partial charge is 0.139 e. The first-order valence-corrected chi connectivity index (χ1v) is 5.02. The number of hydrogen-bond acceptors (Lipinski definition) is 4. The number of anilines is 1. The molecule has 2 aromatic rings. The van der Waals surface area contributed by atoms with Crippen molar-refractivity contribution in [3.05, 3.63) is 24.6 Å². The molecule has 1 saturated heterocycles. The fourth-order valence-electron chi connectivity index (χ4n) is 2.11. The van der Waals surface area contributed by atoms with Crippen molar-refractivity contribution >= 4 is 16.8 Å². The maximum Gasteiger partial charge on any atom is 0.139 e. The normalized spacial score (nSPS) is 19.2. The molecule has 1 aliphatic heterocycles. The first-order valence-electron chi connectivity index (χ1n) is 5.02. The van der Waals surface area contributed by atoms with Crippen molar-refractivity contribution in [1.29, 1.82) is 0 Å². The molecule has 0 aliphatic carbocycles. The van der Waals surface area contributed by atoms with Gasteiger partial charge >= 0.3 is 0 Å². The molecular formula is C11H13N3O. The van der Waals surface area contributed by atoms with Crippen molar-refractivity contribution < 1.29 is 4.42 Å². The van der Waals surface area contributed by atoms with E-state index in [0.29, 0.717) is 0 Å². The molecule has 0 aromatic carbocycles. The maximum absolute atomic E-state index is 5.98. The fourth-order valence-corrected chi connectivity index (χ4v) is 2.11. The standard InChI is InChI=1S/C11H13N3O/c1-11(12)6-14(7-11)10-8-3-5-15-9(8)2-4-13-10/h2-5H,6-7,12H2,1H3. The predicted molar refractivity (Wildman–Crippen MR) is 58.8 cm³/mol. The van der Waals surface area contributed by atoms with Crippen LogP contribution in [0.2, 0.25) is 0 Å². The Morgan fingerprint density at radius 1 is 1.47 bits per heavy atom. The van der Waals surface area contributed by atoms with E-state index in [1.54, 1.807) is 12.5 Å². The quantitative estimate of drug-likeness (QED) is 0.760. The van der Waals surface area contributed by atoms with Crippen LogP contribution in [0, 0.1) is 0 Å². The molecule has 0 amide bonds. The Balaban J connectivity index is 2.02. The number of nitrogens with zero attached hydrogens (tertiary/aromatic N) is 2. The minimum atomic E-state index is -0.0758. The largest absolute Gasteiger partial charge is 0.464 e. The zero-order chi connectivity index (χ0) is 10.5. The lowest BCUT2D eigenvalue weighted by molar-refractivity contribution is 0.364. The molecule has 2 N–H and O–H groups in total. The van der Waals surface area contributed by atoms with Crippen LogP contribution in [0.25, 0.3) is 11.0 Å². The lowest BCUT2D eigenvalue weighted by Crippen LogP contribution is -2.65. The van der Waals surface area contributed by atoms with Crippen molar-refractivity contribution in [2.75, 3.05) is 18.0 Å². The number of pyridine rings is 1. The molecule has 0 spiro atoms. The number of rotatable bonds is 1. The number of nitrogens with two attached hydrogens (primary N) is 1. The van der Waals surface area contributed by atoms with Crippen molar-refractivity contribution in [2.45, 2.75) is 12.5 Å². The summed E-state index contributed by atoms with van der Waals surface area (Å²) in [5.41, 5.74) is 6.78. The van der Waals surface area contributed by atoms with E-state index in [0.717, 1.165) is 29.9 Å². The van der Waals surface area contributed by atoms with Crippen molar-refractivity contribution in [3.63, 3.8) is 0 Å². The van der Waals surface area contributed by atoms with Gasteiger partial charge in [-0.1, -0.05) is 0 Å². The van der Waals surface area contributed by atoms with Crippen molar-refractivity contribution in [1.82, 2.24) is 4.98 Å². The van der Waals surface area contributed by atoms with E-state index in [1.165, 1.54) is 0 Å².